The van der Waals surface area contributed by atoms with Crippen LogP contribution in [0.2, 0.25) is 0 Å². The average molecular weight is 483 g/mol. The molecule has 1 aliphatic rings. The van der Waals surface area contributed by atoms with Crippen molar-refractivity contribution in [2.24, 2.45) is 0 Å². The number of hydrogen-bond acceptors (Lipinski definition) is 6. The normalized spacial score (nSPS) is 20.3. The van der Waals surface area contributed by atoms with Crippen molar-refractivity contribution in [2.75, 3.05) is 24.2 Å². The van der Waals surface area contributed by atoms with Crippen molar-refractivity contribution in [3.05, 3.63) is 54.6 Å². The van der Waals surface area contributed by atoms with Crippen molar-refractivity contribution in [1.82, 2.24) is 4.31 Å². The summed E-state index contributed by atoms with van der Waals surface area (Å²) in [6.45, 7) is -0.0335. The van der Waals surface area contributed by atoms with Crippen LogP contribution in [0.25, 0.3) is 0 Å². The maximum absolute atomic E-state index is 13.5. The van der Waals surface area contributed by atoms with Gasteiger partial charge >= 0.3 is 5.97 Å². The first-order chi connectivity index (χ1) is 15.1. The van der Waals surface area contributed by atoms with Gasteiger partial charge in [-0.05, 0) is 55.7 Å². The van der Waals surface area contributed by atoms with Crippen LogP contribution in [-0.4, -0.2) is 64.2 Å². The Labute approximate surface area is 188 Å². The summed E-state index contributed by atoms with van der Waals surface area (Å²) in [6, 6.07) is 11.1. The maximum Gasteiger partial charge on any atom is 0.324 e. The van der Waals surface area contributed by atoms with Crippen molar-refractivity contribution in [1.29, 1.82) is 0 Å². The third kappa shape index (κ3) is 4.89. The predicted octanol–water partition coefficient (Wildman–Crippen LogP) is 2.16. The van der Waals surface area contributed by atoms with Crippen molar-refractivity contribution in [2.45, 2.75) is 36.2 Å². The lowest BCUT2D eigenvalue weighted by atomic mass is 10.0. The van der Waals surface area contributed by atoms with E-state index in [1.54, 1.807) is 30.3 Å². The van der Waals surface area contributed by atoms with Gasteiger partial charge in [0.25, 0.3) is 0 Å². The highest BCUT2D eigenvalue weighted by molar-refractivity contribution is 7.92. The van der Waals surface area contributed by atoms with Crippen molar-refractivity contribution in [3.63, 3.8) is 0 Å². The largest absolute Gasteiger partial charge is 0.497 e. The lowest BCUT2D eigenvalue weighted by molar-refractivity contribution is -0.142. The molecule has 2 unspecified atom stereocenters. The molecule has 9 nitrogen and oxygen atoms in total. The molecule has 1 fully saturated rings. The quantitative estimate of drug-likeness (QED) is 0.642. The summed E-state index contributed by atoms with van der Waals surface area (Å²) in [6.07, 6.45) is 2.07. The smallest absolute Gasteiger partial charge is 0.324 e. The highest BCUT2D eigenvalue weighted by Crippen LogP contribution is 2.32. The molecule has 2 aromatic carbocycles. The third-order valence-electron chi connectivity index (χ3n) is 5.39. The van der Waals surface area contributed by atoms with Gasteiger partial charge in [-0.15, -0.1) is 0 Å². The van der Waals surface area contributed by atoms with Gasteiger partial charge in [0.1, 0.15) is 11.8 Å². The monoisotopic (exact) mass is 482 g/mol. The molecular weight excluding hydrogens is 456 g/mol. The molecule has 32 heavy (non-hydrogen) atoms. The molecule has 0 radical (unpaired) electrons. The van der Waals surface area contributed by atoms with Gasteiger partial charge in [-0.1, -0.05) is 18.2 Å². The van der Waals surface area contributed by atoms with Crippen LogP contribution < -0.4 is 9.04 Å². The third-order valence-corrected chi connectivity index (χ3v) is 8.48. The number of aliphatic carboxylic acids is 1. The number of carboxylic acid groups (broad SMARTS) is 1. The molecule has 1 saturated heterocycles. The Kier molecular flexibility index (Phi) is 7.11. The van der Waals surface area contributed by atoms with E-state index in [0.29, 0.717) is 18.6 Å². The van der Waals surface area contributed by atoms with Crippen LogP contribution in [0.5, 0.6) is 5.75 Å². The van der Waals surface area contributed by atoms with Gasteiger partial charge in [-0.25, -0.2) is 16.8 Å². The molecule has 2 atom stereocenters. The van der Waals surface area contributed by atoms with Crippen LogP contribution in [0.3, 0.4) is 0 Å². The van der Waals surface area contributed by atoms with E-state index in [0.717, 1.165) is 14.9 Å². The summed E-state index contributed by atoms with van der Waals surface area (Å²) >= 11 is 0. The Bertz CT molecular complexity index is 1150. The molecule has 3 rings (SSSR count). The second-order valence-electron chi connectivity index (χ2n) is 7.53. The van der Waals surface area contributed by atoms with Gasteiger partial charge in [0.15, 0.2) is 0 Å². The van der Waals surface area contributed by atoms with Gasteiger partial charge in [0, 0.05) is 6.54 Å². The zero-order valence-corrected chi connectivity index (χ0v) is 19.4. The van der Waals surface area contributed by atoms with Gasteiger partial charge in [0.05, 0.1) is 30.0 Å². The Morgan fingerprint density at radius 2 is 1.66 bits per heavy atom. The summed E-state index contributed by atoms with van der Waals surface area (Å²) in [5.41, 5.74) is 0.287. The number of carbonyl (C=O) groups is 1. The molecule has 11 heteroatoms. The second-order valence-corrected chi connectivity index (χ2v) is 11.3. The van der Waals surface area contributed by atoms with E-state index in [2.05, 4.69) is 0 Å². The Morgan fingerprint density at radius 1 is 1.03 bits per heavy atom. The van der Waals surface area contributed by atoms with Crippen LogP contribution >= 0.6 is 0 Å². The fraction of sp³-hybridized carbons (Fsp3) is 0.381. The molecule has 1 heterocycles. The minimum Gasteiger partial charge on any atom is -0.497 e. The number of hydrogen-bond donors (Lipinski definition) is 1. The lowest BCUT2D eigenvalue weighted by Gasteiger charge is -2.38. The molecule has 174 valence electrons. The van der Waals surface area contributed by atoms with E-state index in [1.807, 2.05) is 0 Å². The zero-order chi connectivity index (χ0) is 23.5. The van der Waals surface area contributed by atoms with E-state index < -0.39 is 38.1 Å². The number of nitrogens with zero attached hydrogens (tertiary/aromatic N) is 2. The first-order valence-electron chi connectivity index (χ1n) is 10.0. The Morgan fingerprint density at radius 3 is 2.19 bits per heavy atom. The first kappa shape index (κ1) is 24.0. The number of sulfonamides is 2. The number of ether oxygens (including phenoxy) is 1. The molecule has 0 saturated carbocycles. The summed E-state index contributed by atoms with van der Waals surface area (Å²) in [7, 11) is -6.68. The molecular formula is C21H26N2O7S2. The van der Waals surface area contributed by atoms with Gasteiger partial charge in [-0.2, -0.15) is 4.31 Å². The number of carboxylic acids is 1. The van der Waals surface area contributed by atoms with Gasteiger partial charge in [0.2, 0.25) is 20.0 Å². The number of para-hydroxylation sites is 1. The van der Waals surface area contributed by atoms with E-state index in [4.69, 9.17) is 4.74 Å². The summed E-state index contributed by atoms with van der Waals surface area (Å²) in [5, 5.41) is 10.1. The minimum atomic E-state index is -4.22. The highest BCUT2D eigenvalue weighted by atomic mass is 32.2. The fourth-order valence-electron chi connectivity index (χ4n) is 4.00. The predicted molar refractivity (Wildman–Crippen MR) is 120 cm³/mol. The van der Waals surface area contributed by atoms with Crippen molar-refractivity contribution >= 4 is 31.7 Å². The van der Waals surface area contributed by atoms with Crippen LogP contribution in [0, 0.1) is 0 Å². The number of methoxy groups -OCH3 is 1. The Balaban J connectivity index is 2.12. The van der Waals surface area contributed by atoms with Gasteiger partial charge < -0.3 is 9.84 Å². The molecule has 0 bridgehead atoms. The molecule has 0 aliphatic carbocycles. The SMILES string of the molecule is COc1ccc(S(=O)(=O)N2CCCCC(N(c3ccccc3)S(C)(=O)=O)C2C(=O)O)cc1. The zero-order valence-electron chi connectivity index (χ0n) is 17.8. The molecule has 0 spiro atoms. The molecule has 2 aromatic rings. The van der Waals surface area contributed by atoms with Crippen LogP contribution in [-0.2, 0) is 24.8 Å². The number of rotatable bonds is 7. The van der Waals surface area contributed by atoms with E-state index in [1.165, 1.54) is 31.4 Å². The topological polar surface area (TPSA) is 121 Å². The number of benzene rings is 2. The molecule has 1 aliphatic heterocycles. The van der Waals surface area contributed by atoms with Crippen molar-refractivity contribution < 1.29 is 31.5 Å². The molecule has 0 aromatic heterocycles. The second kappa shape index (κ2) is 9.47. The molecule has 1 N–H and O–H groups in total. The van der Waals surface area contributed by atoms with Gasteiger partial charge in [-0.3, -0.25) is 9.10 Å². The Hall–Kier alpha value is -2.63. The summed E-state index contributed by atoms with van der Waals surface area (Å²) < 4.78 is 59.5. The summed E-state index contributed by atoms with van der Waals surface area (Å²) in [4.78, 5) is 12.3. The summed E-state index contributed by atoms with van der Waals surface area (Å²) in [5.74, 6) is -0.946. The first-order valence-corrected chi connectivity index (χ1v) is 13.3. The molecule has 0 amide bonds. The van der Waals surface area contributed by atoms with Crippen LogP contribution in [0.1, 0.15) is 19.3 Å². The van der Waals surface area contributed by atoms with E-state index in [-0.39, 0.29) is 23.5 Å². The maximum atomic E-state index is 13.5. The fourth-order valence-corrected chi connectivity index (χ4v) is 6.87. The lowest BCUT2D eigenvalue weighted by Crippen LogP contribution is -2.57. The highest BCUT2D eigenvalue weighted by Gasteiger charge is 2.46. The standard InChI is InChI=1S/C21H26N2O7S2/c1-30-17-11-13-18(14-12-17)32(28,29)22-15-7-6-10-19(20(22)21(24)25)23(31(2,26)27)16-8-4-3-5-9-16/h3-5,8-9,11-14,19-20H,6-7,10,15H2,1-2H3,(H,24,25). The van der Waals surface area contributed by atoms with Crippen molar-refractivity contribution in [3.8, 4) is 5.75 Å². The average Bonchev–Trinajstić information content (AvgIpc) is 2.97. The minimum absolute atomic E-state index is 0.0335. The van der Waals surface area contributed by atoms with Crippen LogP contribution in [0.15, 0.2) is 59.5 Å². The van der Waals surface area contributed by atoms with E-state index in [9.17, 15) is 26.7 Å². The van der Waals surface area contributed by atoms with E-state index >= 15 is 0 Å². The number of anilines is 1. The van der Waals surface area contributed by atoms with Crippen LogP contribution in [0.4, 0.5) is 5.69 Å².